The van der Waals surface area contributed by atoms with Crippen LogP contribution < -0.4 is 4.74 Å². The Bertz CT molecular complexity index is 1770. The number of piperidine rings is 2. The van der Waals surface area contributed by atoms with Crippen molar-refractivity contribution >= 4 is 22.6 Å². The summed E-state index contributed by atoms with van der Waals surface area (Å²) in [4.78, 5) is 36.0. The second-order valence-corrected chi connectivity index (χ2v) is 11.6. The van der Waals surface area contributed by atoms with Gasteiger partial charge in [0.15, 0.2) is 0 Å². The van der Waals surface area contributed by atoms with Gasteiger partial charge in [0.25, 0.3) is 11.8 Å². The Morgan fingerprint density at radius 1 is 0.886 bits per heavy atom. The molecule has 0 radical (unpaired) electrons. The molecular weight excluding hydrogens is 548 g/mol. The van der Waals surface area contributed by atoms with Gasteiger partial charge in [-0.1, -0.05) is 48.4 Å². The molecule has 3 heterocycles. The number of pyridine rings is 1. The van der Waals surface area contributed by atoms with E-state index in [0.717, 1.165) is 30.4 Å². The zero-order valence-electron chi connectivity index (χ0n) is 24.7. The molecule has 2 amide bonds. The van der Waals surface area contributed by atoms with Crippen LogP contribution in [0.4, 0.5) is 0 Å². The lowest BCUT2D eigenvalue weighted by molar-refractivity contribution is 0.0693. The minimum absolute atomic E-state index is 0.0858. The molecule has 7 nitrogen and oxygen atoms in total. The van der Waals surface area contributed by atoms with Crippen LogP contribution >= 0.6 is 0 Å². The summed E-state index contributed by atoms with van der Waals surface area (Å²) in [7, 11) is 0. The van der Waals surface area contributed by atoms with Crippen LogP contribution in [0.5, 0.6) is 5.88 Å². The van der Waals surface area contributed by atoms with E-state index in [1.54, 1.807) is 30.5 Å². The van der Waals surface area contributed by atoms with Crippen LogP contribution in [0.2, 0.25) is 0 Å². The molecule has 6 rings (SSSR count). The van der Waals surface area contributed by atoms with Gasteiger partial charge in [0.05, 0.1) is 17.0 Å². The summed E-state index contributed by atoms with van der Waals surface area (Å²) in [6.07, 6.45) is 12.1. The van der Waals surface area contributed by atoms with Crippen molar-refractivity contribution in [1.82, 2.24) is 14.8 Å². The summed E-state index contributed by atoms with van der Waals surface area (Å²) >= 11 is 0. The molecule has 0 unspecified atom stereocenters. The molecule has 1 aromatic heterocycles. The van der Waals surface area contributed by atoms with Gasteiger partial charge in [-0.2, -0.15) is 5.26 Å². The van der Waals surface area contributed by atoms with Crippen molar-refractivity contribution in [2.45, 2.75) is 44.1 Å². The van der Waals surface area contributed by atoms with E-state index >= 15 is 0 Å². The first-order valence-electron chi connectivity index (χ1n) is 15.2. The Labute approximate surface area is 258 Å². The fourth-order valence-electron chi connectivity index (χ4n) is 6.32. The second-order valence-electron chi connectivity index (χ2n) is 11.6. The lowest BCUT2D eigenvalue weighted by Crippen LogP contribution is -2.44. The average molecular weight is 583 g/mol. The van der Waals surface area contributed by atoms with Crippen molar-refractivity contribution in [1.29, 1.82) is 5.26 Å². The lowest BCUT2D eigenvalue weighted by Gasteiger charge is -2.39. The van der Waals surface area contributed by atoms with Crippen LogP contribution in [0.25, 0.3) is 10.8 Å². The zero-order chi connectivity index (χ0) is 30.5. The maximum absolute atomic E-state index is 13.9. The molecule has 3 aromatic carbocycles. The Hall–Kier alpha value is -5.14. The number of carbonyl (C=O) groups is 2. The SMILES string of the molecule is C#CC1(c2ccccc2)CCN(C(=O)c2cc(C(=O)N3CCCCC3)c3cc(OCc4cccc(C#N)c4)ncc3c2)CC1. The van der Waals surface area contributed by atoms with Crippen LogP contribution in [0, 0.1) is 23.7 Å². The maximum atomic E-state index is 13.9. The molecule has 0 N–H and O–H groups in total. The van der Waals surface area contributed by atoms with E-state index in [9.17, 15) is 14.9 Å². The summed E-state index contributed by atoms with van der Waals surface area (Å²) in [5.41, 5.74) is 3.06. The monoisotopic (exact) mass is 582 g/mol. The molecule has 44 heavy (non-hydrogen) atoms. The van der Waals surface area contributed by atoms with Crippen molar-refractivity contribution in [2.24, 2.45) is 0 Å². The Balaban J connectivity index is 1.28. The normalized spacial score (nSPS) is 16.1. The topological polar surface area (TPSA) is 86.5 Å². The Morgan fingerprint density at radius 2 is 1.64 bits per heavy atom. The molecule has 7 heteroatoms. The van der Waals surface area contributed by atoms with Gasteiger partial charge in [0.2, 0.25) is 5.88 Å². The highest BCUT2D eigenvalue weighted by molar-refractivity contribution is 6.10. The highest BCUT2D eigenvalue weighted by atomic mass is 16.5. The number of likely N-dealkylation sites (tertiary alicyclic amines) is 2. The number of nitriles is 1. The third-order valence-corrected chi connectivity index (χ3v) is 8.88. The van der Waals surface area contributed by atoms with Gasteiger partial charge in [0.1, 0.15) is 6.61 Å². The van der Waals surface area contributed by atoms with Crippen LogP contribution in [0.15, 0.2) is 79.0 Å². The van der Waals surface area contributed by atoms with E-state index in [1.165, 1.54) is 0 Å². The summed E-state index contributed by atoms with van der Waals surface area (Å²) in [5.74, 6) is 3.20. The Morgan fingerprint density at radius 3 is 2.36 bits per heavy atom. The fourth-order valence-corrected chi connectivity index (χ4v) is 6.32. The van der Waals surface area contributed by atoms with Crippen molar-refractivity contribution in [2.75, 3.05) is 26.2 Å². The van der Waals surface area contributed by atoms with E-state index in [2.05, 4.69) is 29.1 Å². The van der Waals surface area contributed by atoms with Gasteiger partial charge in [-0.15, -0.1) is 6.42 Å². The van der Waals surface area contributed by atoms with Gasteiger partial charge in [-0.3, -0.25) is 9.59 Å². The highest BCUT2D eigenvalue weighted by Crippen LogP contribution is 2.36. The summed E-state index contributed by atoms with van der Waals surface area (Å²) in [6.45, 7) is 2.69. The molecular formula is C37H34N4O3. The molecule has 0 saturated carbocycles. The van der Waals surface area contributed by atoms with Gasteiger partial charge in [0, 0.05) is 60.3 Å². The molecule has 220 valence electrons. The summed E-state index contributed by atoms with van der Waals surface area (Å²) in [6, 6.07) is 24.8. The van der Waals surface area contributed by atoms with Crippen molar-refractivity contribution in [3.05, 3.63) is 107 Å². The van der Waals surface area contributed by atoms with Gasteiger partial charge >= 0.3 is 0 Å². The molecule has 2 aliphatic heterocycles. The van der Waals surface area contributed by atoms with Crippen LogP contribution in [-0.4, -0.2) is 52.8 Å². The van der Waals surface area contributed by atoms with Crippen LogP contribution in [0.3, 0.4) is 0 Å². The van der Waals surface area contributed by atoms with Crippen LogP contribution in [-0.2, 0) is 12.0 Å². The number of amides is 2. The van der Waals surface area contributed by atoms with E-state index in [4.69, 9.17) is 11.2 Å². The first-order chi connectivity index (χ1) is 21.5. The standard InChI is InChI=1S/C37H34N4O3/c1-2-37(31-12-5-3-6-13-31)14-18-41(19-15-37)35(42)29-21-30-25-39-34(44-26-28-11-9-10-27(20-28)24-38)23-32(30)33(22-29)36(43)40-16-7-4-8-17-40/h1,3,5-6,9-13,20-23,25H,4,7-8,14-19,26H2. The largest absolute Gasteiger partial charge is 0.473 e. The van der Waals surface area contributed by atoms with Gasteiger partial charge in [-0.05, 0) is 67.5 Å². The smallest absolute Gasteiger partial charge is 0.254 e. The minimum Gasteiger partial charge on any atom is -0.473 e. The molecule has 2 aliphatic rings. The van der Waals surface area contributed by atoms with Gasteiger partial charge < -0.3 is 14.5 Å². The number of hydrogen-bond acceptors (Lipinski definition) is 5. The first-order valence-corrected chi connectivity index (χ1v) is 15.2. The number of rotatable bonds is 6. The minimum atomic E-state index is -0.396. The fraction of sp³-hybridized carbons (Fsp3) is 0.297. The summed E-state index contributed by atoms with van der Waals surface area (Å²) < 4.78 is 5.98. The predicted molar refractivity (Wildman–Crippen MR) is 169 cm³/mol. The molecule has 4 aromatic rings. The molecule has 2 fully saturated rings. The van der Waals surface area contributed by atoms with Crippen molar-refractivity contribution < 1.29 is 14.3 Å². The number of aromatic nitrogens is 1. The molecule has 2 saturated heterocycles. The van der Waals surface area contributed by atoms with Crippen molar-refractivity contribution in [3.63, 3.8) is 0 Å². The number of hydrogen-bond donors (Lipinski definition) is 0. The number of ether oxygens (including phenoxy) is 1. The summed E-state index contributed by atoms with van der Waals surface area (Å²) in [5, 5.41) is 10.6. The van der Waals surface area contributed by atoms with E-state index < -0.39 is 5.41 Å². The molecule has 0 bridgehead atoms. The predicted octanol–water partition coefficient (Wildman–Crippen LogP) is 6.12. The van der Waals surface area contributed by atoms with E-state index in [1.807, 2.05) is 46.2 Å². The second kappa shape index (κ2) is 12.6. The number of nitrogens with zero attached hydrogens (tertiary/aromatic N) is 4. The molecule has 0 atom stereocenters. The molecule has 0 spiro atoms. The Kier molecular flexibility index (Phi) is 8.30. The third-order valence-electron chi connectivity index (χ3n) is 8.88. The van der Waals surface area contributed by atoms with E-state index in [-0.39, 0.29) is 18.4 Å². The third kappa shape index (κ3) is 5.87. The number of carbonyl (C=O) groups excluding carboxylic acids is 2. The lowest BCUT2D eigenvalue weighted by atomic mass is 9.73. The number of benzene rings is 3. The molecule has 0 aliphatic carbocycles. The first kappa shape index (κ1) is 29.0. The average Bonchev–Trinajstić information content (AvgIpc) is 3.10. The maximum Gasteiger partial charge on any atom is 0.254 e. The number of terminal acetylenes is 1. The zero-order valence-corrected chi connectivity index (χ0v) is 24.7. The quantitative estimate of drug-likeness (QED) is 0.256. The van der Waals surface area contributed by atoms with Crippen LogP contribution in [0.1, 0.15) is 69.5 Å². The highest BCUT2D eigenvalue weighted by Gasteiger charge is 2.36. The van der Waals surface area contributed by atoms with Crippen molar-refractivity contribution in [3.8, 4) is 24.3 Å². The van der Waals surface area contributed by atoms with Gasteiger partial charge in [-0.25, -0.2) is 4.98 Å². The number of fused-ring (bicyclic) bond motifs is 1. The van der Waals surface area contributed by atoms with E-state index in [0.29, 0.717) is 72.4 Å².